The number of hydrogen-bond acceptors (Lipinski definition) is 9. The van der Waals surface area contributed by atoms with Crippen LogP contribution in [-0.4, -0.2) is 87.8 Å². The first-order valence-electron chi connectivity index (χ1n) is 6.64. The summed E-state index contributed by atoms with van der Waals surface area (Å²) in [5.74, 6) is -2.29. The Labute approximate surface area is 173 Å². The Morgan fingerprint density at radius 3 is 1.96 bits per heavy atom. The summed E-state index contributed by atoms with van der Waals surface area (Å²) in [6.45, 7) is 0.609. The van der Waals surface area contributed by atoms with Gasteiger partial charge in [0.25, 0.3) is 0 Å². The smallest absolute Gasteiger partial charge is 0.795 e. The normalized spacial score (nSPS) is 16.2. The molecule has 0 unspecified atom stereocenters. The molecule has 136 valence electrons. The molecular weight excluding hydrogens is 361 g/mol. The third kappa shape index (κ3) is 8.47. The Balaban J connectivity index is 0. The van der Waals surface area contributed by atoms with Gasteiger partial charge in [0, 0.05) is 27.4 Å². The first-order chi connectivity index (χ1) is 11.0. The van der Waals surface area contributed by atoms with Crippen LogP contribution in [-0.2, 0) is 14.2 Å². The topological polar surface area (TPSA) is 210 Å². The van der Waals surface area contributed by atoms with Crippen LogP contribution in [0.4, 0.5) is 0 Å². The van der Waals surface area contributed by atoms with Crippen LogP contribution in [0, 0.1) is 5.41 Å². The summed E-state index contributed by atoms with van der Waals surface area (Å²) < 4.78 is 10.9. The average Bonchev–Trinajstić information content (AvgIpc) is 2.97. The second kappa shape index (κ2) is 11.5. The molecule has 1 saturated heterocycles. The van der Waals surface area contributed by atoms with E-state index in [1.165, 1.54) is 4.90 Å². The van der Waals surface area contributed by atoms with E-state index < -0.39 is 32.2 Å². The summed E-state index contributed by atoms with van der Waals surface area (Å²) in [6, 6.07) is 0. The minimum atomic E-state index is -4.98. The van der Waals surface area contributed by atoms with Crippen LogP contribution in [0.1, 0.15) is 0 Å². The van der Waals surface area contributed by atoms with Gasteiger partial charge < -0.3 is 44.8 Å². The van der Waals surface area contributed by atoms with Crippen LogP contribution in [0.3, 0.4) is 0 Å². The zero-order valence-corrected chi connectivity index (χ0v) is 15.4. The number of nitrogens with two attached hydrogens (primary N) is 1. The van der Waals surface area contributed by atoms with Crippen molar-refractivity contribution in [3.8, 4) is 0 Å². The van der Waals surface area contributed by atoms with Crippen molar-refractivity contribution in [3.05, 3.63) is 0 Å². The fraction of sp³-hybridized carbons (Fsp3) is 0.600. The van der Waals surface area contributed by atoms with E-state index in [1.807, 2.05) is 0 Å². The monoisotopic (exact) mass is 378 g/mol. The van der Waals surface area contributed by atoms with E-state index >= 15 is 0 Å². The Hall–Kier alpha value is -1.18. The van der Waals surface area contributed by atoms with E-state index in [0.717, 1.165) is 4.90 Å². The number of nitrogens with one attached hydrogen (secondary N) is 1. The summed E-state index contributed by atoms with van der Waals surface area (Å²) in [5, 5.41) is 24.0. The molecule has 0 aromatic rings. The quantitative estimate of drug-likeness (QED) is 0.261. The van der Waals surface area contributed by atoms with Crippen molar-refractivity contribution >= 4 is 31.6 Å². The Kier molecular flexibility index (Phi) is 12.0. The number of guanidine groups is 2. The summed E-state index contributed by atoms with van der Waals surface area (Å²) in [4.78, 5) is 47.9. The molecule has 0 spiro atoms. The maximum atomic E-state index is 10.6. The molecule has 5 N–H and O–H groups in total. The van der Waals surface area contributed by atoms with Gasteiger partial charge in [-0.25, -0.2) is 0 Å². The van der Waals surface area contributed by atoms with E-state index in [2.05, 4.69) is 4.99 Å². The number of carbonyl (C=O) groups is 2. The number of aliphatic carboxylic acids is 2. The number of rotatable bonds is 5. The van der Waals surface area contributed by atoms with Crippen molar-refractivity contribution < 1.29 is 71.9 Å². The van der Waals surface area contributed by atoms with Gasteiger partial charge in [-0.2, -0.15) is 0 Å². The van der Waals surface area contributed by atoms with Gasteiger partial charge in [-0.1, -0.05) is 0 Å². The largest absolute Gasteiger partial charge is 1.00 e. The molecule has 16 heteroatoms. The molecule has 0 aromatic heterocycles. The van der Waals surface area contributed by atoms with Crippen LogP contribution in [0.15, 0.2) is 4.99 Å². The predicted octanol–water partition coefficient (Wildman–Crippen LogP) is -9.84. The molecular formula is C10H17Li2N6O7P. The van der Waals surface area contributed by atoms with Crippen molar-refractivity contribution in [1.29, 1.82) is 5.41 Å². The minimum Gasteiger partial charge on any atom is -0.795 e. The zero-order valence-electron chi connectivity index (χ0n) is 14.5. The Morgan fingerprint density at radius 1 is 1.12 bits per heavy atom. The van der Waals surface area contributed by atoms with Crippen molar-refractivity contribution in [2.45, 2.75) is 0 Å². The van der Waals surface area contributed by atoms with Gasteiger partial charge in [0.1, 0.15) is 13.1 Å². The number of nitrogens with zero attached hydrogens (tertiary/aromatic N) is 4. The molecule has 2 heterocycles. The standard InChI is InChI=1S/C5H10N3O5P.C5H9N3O2.2Li/c6-5-7(3-4(9)10)1-2-8(5)14(11,12)13;6-5-7-1-2-8(5)3-4(9)10;;/h6H,1-3H2,(H,9,10)(H2,11,12,13);1-3H2,(H2,6,7)(H,9,10);;/q;;2*+1/p-2. The molecule has 0 atom stereocenters. The summed E-state index contributed by atoms with van der Waals surface area (Å²) in [5.41, 5.74) is 5.34. The van der Waals surface area contributed by atoms with E-state index in [1.54, 1.807) is 0 Å². The third-order valence-electron chi connectivity index (χ3n) is 3.04. The SMILES string of the molecule is N=C1N(CC(=O)O)CCN1P(=O)([O-])[O-].NC1=NCCN1CC(=O)O.[Li+].[Li+]. The summed E-state index contributed by atoms with van der Waals surface area (Å²) in [7, 11) is -4.98. The van der Waals surface area contributed by atoms with Crippen LogP contribution < -0.4 is 53.2 Å². The summed E-state index contributed by atoms with van der Waals surface area (Å²) in [6.07, 6.45) is 0. The molecule has 0 saturated carbocycles. The molecule has 13 nitrogen and oxygen atoms in total. The van der Waals surface area contributed by atoms with Crippen LogP contribution in [0.5, 0.6) is 0 Å². The second-order valence-electron chi connectivity index (χ2n) is 4.79. The predicted molar refractivity (Wildman–Crippen MR) is 76.9 cm³/mol. The van der Waals surface area contributed by atoms with Crippen molar-refractivity contribution in [1.82, 2.24) is 14.5 Å². The van der Waals surface area contributed by atoms with Gasteiger partial charge in [0.05, 0.1) is 6.54 Å². The van der Waals surface area contributed by atoms with Gasteiger partial charge in [-0.15, -0.1) is 0 Å². The van der Waals surface area contributed by atoms with Gasteiger partial charge in [0.2, 0.25) is 0 Å². The first kappa shape index (κ1) is 27.0. The van der Waals surface area contributed by atoms with E-state index in [0.29, 0.717) is 23.7 Å². The van der Waals surface area contributed by atoms with Gasteiger partial charge in [-0.05, 0) is 0 Å². The fourth-order valence-electron chi connectivity index (χ4n) is 1.97. The maximum Gasteiger partial charge on any atom is 1.00 e. The molecule has 0 bridgehead atoms. The zero-order chi connectivity index (χ0) is 18.5. The van der Waals surface area contributed by atoms with E-state index in [4.69, 9.17) is 21.4 Å². The van der Waals surface area contributed by atoms with Gasteiger partial charge in [-0.3, -0.25) is 20.0 Å². The summed E-state index contributed by atoms with van der Waals surface area (Å²) >= 11 is 0. The molecule has 2 rings (SSSR count). The number of hydrogen-bond donors (Lipinski definition) is 4. The number of carboxylic acids is 2. The molecule has 0 radical (unpaired) electrons. The second-order valence-corrected chi connectivity index (χ2v) is 6.21. The molecule has 0 aromatic carbocycles. The molecule has 2 aliphatic rings. The number of carboxylic acid groups (broad SMARTS) is 2. The molecule has 26 heavy (non-hydrogen) atoms. The molecule has 0 amide bonds. The van der Waals surface area contributed by atoms with Gasteiger partial charge in [0.15, 0.2) is 11.9 Å². The van der Waals surface area contributed by atoms with Crippen molar-refractivity contribution in [3.63, 3.8) is 0 Å². The molecule has 0 aliphatic carbocycles. The van der Waals surface area contributed by atoms with Crippen LogP contribution in [0.25, 0.3) is 0 Å². The van der Waals surface area contributed by atoms with E-state index in [9.17, 15) is 23.9 Å². The van der Waals surface area contributed by atoms with Crippen LogP contribution >= 0.6 is 7.75 Å². The number of aliphatic imine (C=N–C) groups is 1. The maximum absolute atomic E-state index is 10.6. The van der Waals surface area contributed by atoms with Gasteiger partial charge >= 0.3 is 49.7 Å². The molecule has 2 aliphatic heterocycles. The Bertz CT molecular complexity index is 600. The van der Waals surface area contributed by atoms with Crippen molar-refractivity contribution in [2.24, 2.45) is 10.7 Å². The average molecular weight is 378 g/mol. The van der Waals surface area contributed by atoms with E-state index in [-0.39, 0.29) is 57.4 Å². The molecule has 1 fully saturated rings. The first-order valence-corrected chi connectivity index (χ1v) is 8.14. The van der Waals surface area contributed by atoms with Crippen LogP contribution in [0.2, 0.25) is 0 Å². The Morgan fingerprint density at radius 2 is 1.62 bits per heavy atom. The minimum absolute atomic E-state index is 0. The third-order valence-corrected chi connectivity index (χ3v) is 4.02. The van der Waals surface area contributed by atoms with Crippen molar-refractivity contribution in [2.75, 3.05) is 39.3 Å². The fourth-order valence-corrected chi connectivity index (χ4v) is 2.66.